The topological polar surface area (TPSA) is 95.5 Å². The number of benzene rings is 1. The minimum absolute atomic E-state index is 0.152. The van der Waals surface area contributed by atoms with E-state index >= 15 is 0 Å². The van der Waals surface area contributed by atoms with Gasteiger partial charge in [-0.15, -0.1) is 0 Å². The molecule has 1 heterocycles. The van der Waals surface area contributed by atoms with Crippen LogP contribution in [0, 0.1) is 0 Å². The second kappa shape index (κ2) is 6.88. The van der Waals surface area contributed by atoms with E-state index in [-0.39, 0.29) is 23.8 Å². The smallest absolute Gasteiger partial charge is 0.335 e. The molecule has 1 fully saturated rings. The van der Waals surface area contributed by atoms with Crippen LogP contribution in [0.25, 0.3) is 0 Å². The molecule has 3 N–H and O–H groups in total. The highest BCUT2D eigenvalue weighted by Gasteiger charge is 2.23. The van der Waals surface area contributed by atoms with E-state index in [9.17, 15) is 14.4 Å². The standard InChI is InChI=1S/C15H18N2O4/c18-13(17-12-6-3-9-16-14(12)19)8-7-10-4-1-2-5-11(10)15(20)21/h1-2,4-5,12H,3,6-9H2,(H,16,19)(H,17,18)(H,20,21). The van der Waals surface area contributed by atoms with Crippen molar-refractivity contribution >= 4 is 17.8 Å². The van der Waals surface area contributed by atoms with Crippen LogP contribution in [0.15, 0.2) is 24.3 Å². The van der Waals surface area contributed by atoms with Gasteiger partial charge in [0, 0.05) is 13.0 Å². The molecule has 21 heavy (non-hydrogen) atoms. The fourth-order valence-electron chi connectivity index (χ4n) is 2.37. The highest BCUT2D eigenvalue weighted by molar-refractivity contribution is 5.90. The van der Waals surface area contributed by atoms with E-state index in [0.29, 0.717) is 24.9 Å². The summed E-state index contributed by atoms with van der Waals surface area (Å²) in [6.07, 6.45) is 1.98. The summed E-state index contributed by atoms with van der Waals surface area (Å²) in [4.78, 5) is 34.5. The van der Waals surface area contributed by atoms with Crippen molar-refractivity contribution in [3.8, 4) is 0 Å². The first-order valence-corrected chi connectivity index (χ1v) is 6.96. The van der Waals surface area contributed by atoms with Crippen molar-refractivity contribution in [3.05, 3.63) is 35.4 Å². The Kier molecular flexibility index (Phi) is 4.92. The first-order valence-electron chi connectivity index (χ1n) is 6.96. The molecule has 6 heteroatoms. The van der Waals surface area contributed by atoms with Crippen molar-refractivity contribution in [1.82, 2.24) is 10.6 Å². The second-order valence-corrected chi connectivity index (χ2v) is 5.02. The Bertz CT molecular complexity index is 556. The number of piperidine rings is 1. The van der Waals surface area contributed by atoms with Gasteiger partial charge in [0.05, 0.1) is 5.56 Å². The summed E-state index contributed by atoms with van der Waals surface area (Å²) >= 11 is 0. The van der Waals surface area contributed by atoms with Crippen molar-refractivity contribution in [2.45, 2.75) is 31.7 Å². The predicted octanol–water partition coefficient (Wildman–Crippen LogP) is 0.712. The third kappa shape index (κ3) is 4.05. The molecule has 1 aliphatic rings. The van der Waals surface area contributed by atoms with Gasteiger partial charge in [-0.2, -0.15) is 0 Å². The number of hydrogen-bond acceptors (Lipinski definition) is 3. The molecule has 1 unspecified atom stereocenters. The maximum Gasteiger partial charge on any atom is 0.335 e. The molecule has 112 valence electrons. The van der Waals surface area contributed by atoms with Crippen LogP contribution in [0.5, 0.6) is 0 Å². The largest absolute Gasteiger partial charge is 0.478 e. The van der Waals surface area contributed by atoms with Crippen molar-refractivity contribution in [1.29, 1.82) is 0 Å². The predicted molar refractivity (Wildman–Crippen MR) is 75.9 cm³/mol. The van der Waals surface area contributed by atoms with Gasteiger partial charge in [0.2, 0.25) is 11.8 Å². The van der Waals surface area contributed by atoms with Crippen LogP contribution in [0.2, 0.25) is 0 Å². The van der Waals surface area contributed by atoms with Gasteiger partial charge >= 0.3 is 5.97 Å². The summed E-state index contributed by atoms with van der Waals surface area (Å²) in [6.45, 7) is 0.650. The first kappa shape index (κ1) is 15.0. The van der Waals surface area contributed by atoms with Gasteiger partial charge < -0.3 is 15.7 Å². The van der Waals surface area contributed by atoms with Gasteiger partial charge in [0.15, 0.2) is 0 Å². The Labute approximate surface area is 122 Å². The summed E-state index contributed by atoms with van der Waals surface area (Å²) in [5.74, 6) is -1.39. The minimum atomic E-state index is -1.00. The highest BCUT2D eigenvalue weighted by Crippen LogP contribution is 2.11. The van der Waals surface area contributed by atoms with E-state index in [1.54, 1.807) is 18.2 Å². The van der Waals surface area contributed by atoms with E-state index in [1.807, 2.05) is 0 Å². The van der Waals surface area contributed by atoms with Crippen molar-refractivity contribution < 1.29 is 19.5 Å². The maximum absolute atomic E-state index is 11.9. The van der Waals surface area contributed by atoms with Gasteiger partial charge in [-0.1, -0.05) is 18.2 Å². The van der Waals surface area contributed by atoms with Crippen LogP contribution >= 0.6 is 0 Å². The van der Waals surface area contributed by atoms with E-state index in [0.717, 1.165) is 6.42 Å². The Morgan fingerprint density at radius 1 is 1.33 bits per heavy atom. The molecule has 0 bridgehead atoms. The lowest BCUT2D eigenvalue weighted by Crippen LogP contribution is -2.50. The molecule has 1 atom stereocenters. The summed E-state index contributed by atoms with van der Waals surface area (Å²) in [7, 11) is 0. The molecule has 1 saturated heterocycles. The van der Waals surface area contributed by atoms with Crippen molar-refractivity contribution in [2.24, 2.45) is 0 Å². The Morgan fingerprint density at radius 3 is 2.81 bits per heavy atom. The average Bonchev–Trinajstić information content (AvgIpc) is 2.48. The molecular weight excluding hydrogens is 272 g/mol. The first-order chi connectivity index (χ1) is 10.1. The van der Waals surface area contributed by atoms with E-state index in [4.69, 9.17) is 5.11 Å². The van der Waals surface area contributed by atoms with Crippen LogP contribution in [0.4, 0.5) is 0 Å². The summed E-state index contributed by atoms with van der Waals surface area (Å²) in [5, 5.41) is 14.5. The Hall–Kier alpha value is -2.37. The lowest BCUT2D eigenvalue weighted by molar-refractivity contribution is -0.130. The summed E-state index contributed by atoms with van der Waals surface area (Å²) in [6, 6.07) is 6.14. The maximum atomic E-state index is 11.9. The number of aryl methyl sites for hydroxylation is 1. The summed E-state index contributed by atoms with van der Waals surface area (Å²) in [5.41, 5.74) is 0.828. The normalized spacial score (nSPS) is 17.9. The van der Waals surface area contributed by atoms with E-state index in [2.05, 4.69) is 10.6 Å². The number of rotatable bonds is 5. The molecule has 0 aliphatic carbocycles. The van der Waals surface area contributed by atoms with Crippen molar-refractivity contribution in [2.75, 3.05) is 6.54 Å². The zero-order valence-corrected chi connectivity index (χ0v) is 11.6. The minimum Gasteiger partial charge on any atom is -0.478 e. The fraction of sp³-hybridized carbons (Fsp3) is 0.400. The molecule has 0 spiro atoms. The molecule has 2 rings (SSSR count). The molecule has 0 aromatic heterocycles. The fourth-order valence-corrected chi connectivity index (χ4v) is 2.37. The number of nitrogens with one attached hydrogen (secondary N) is 2. The molecule has 6 nitrogen and oxygen atoms in total. The highest BCUT2D eigenvalue weighted by atomic mass is 16.4. The van der Waals surface area contributed by atoms with Crippen LogP contribution < -0.4 is 10.6 Å². The molecule has 0 radical (unpaired) electrons. The number of carboxylic acid groups (broad SMARTS) is 1. The van der Waals surface area contributed by atoms with Crippen LogP contribution in [-0.4, -0.2) is 35.5 Å². The van der Waals surface area contributed by atoms with Gasteiger partial charge in [-0.05, 0) is 30.9 Å². The van der Waals surface area contributed by atoms with Gasteiger partial charge in [-0.3, -0.25) is 9.59 Å². The Morgan fingerprint density at radius 2 is 2.10 bits per heavy atom. The number of aromatic carboxylic acids is 1. The van der Waals surface area contributed by atoms with Crippen LogP contribution in [0.3, 0.4) is 0 Å². The number of carboxylic acids is 1. The molecule has 1 aromatic rings. The molecule has 0 saturated carbocycles. The zero-order valence-electron chi connectivity index (χ0n) is 11.6. The zero-order chi connectivity index (χ0) is 15.2. The Balaban J connectivity index is 1.89. The SMILES string of the molecule is O=C(CCc1ccccc1C(=O)O)NC1CCCNC1=O. The van der Waals surface area contributed by atoms with Gasteiger partial charge in [-0.25, -0.2) is 4.79 Å². The average molecular weight is 290 g/mol. The van der Waals surface area contributed by atoms with Gasteiger partial charge in [0.25, 0.3) is 0 Å². The molecule has 2 amide bonds. The monoisotopic (exact) mass is 290 g/mol. The third-order valence-electron chi connectivity index (χ3n) is 3.49. The summed E-state index contributed by atoms with van der Waals surface area (Å²) < 4.78 is 0. The second-order valence-electron chi connectivity index (χ2n) is 5.02. The van der Waals surface area contributed by atoms with Crippen LogP contribution in [-0.2, 0) is 16.0 Å². The quantitative estimate of drug-likeness (QED) is 0.744. The number of carbonyl (C=O) groups is 3. The van der Waals surface area contributed by atoms with E-state index in [1.165, 1.54) is 6.07 Å². The molecule has 1 aromatic carbocycles. The van der Waals surface area contributed by atoms with Crippen LogP contribution in [0.1, 0.15) is 35.2 Å². The lowest BCUT2D eigenvalue weighted by Gasteiger charge is -2.22. The molecular formula is C15H18N2O4. The lowest BCUT2D eigenvalue weighted by atomic mass is 10.0. The molecule has 1 aliphatic heterocycles. The number of amides is 2. The third-order valence-corrected chi connectivity index (χ3v) is 3.49. The van der Waals surface area contributed by atoms with Gasteiger partial charge in [0.1, 0.15) is 6.04 Å². The van der Waals surface area contributed by atoms with Crippen molar-refractivity contribution in [3.63, 3.8) is 0 Å². The number of carbonyl (C=O) groups excluding carboxylic acids is 2. The number of hydrogen-bond donors (Lipinski definition) is 3. The van der Waals surface area contributed by atoms with E-state index < -0.39 is 12.0 Å².